The summed E-state index contributed by atoms with van der Waals surface area (Å²) in [5.41, 5.74) is 0. The molecule has 1 N–H and O–H groups in total. The minimum atomic E-state index is 0.512. The molecular weight excluding hydrogens is 164 g/mol. The second kappa shape index (κ2) is 3.01. The highest BCUT2D eigenvalue weighted by molar-refractivity contribution is 5.28. The summed E-state index contributed by atoms with van der Waals surface area (Å²) >= 11 is 0. The Balaban J connectivity index is 2.38. The Morgan fingerprint density at radius 2 is 2.38 bits per heavy atom. The standard InChI is InChI=1S/C9H16N4/c1-4-8-6(2)5-10-9-11-7(3)12-13(8)9/h6,8H,4-5H2,1-3H3,(H,10,11,12). The Morgan fingerprint density at radius 1 is 1.62 bits per heavy atom. The maximum atomic E-state index is 4.40. The molecule has 2 rings (SSSR count). The molecule has 1 aromatic heterocycles. The van der Waals surface area contributed by atoms with Crippen molar-refractivity contribution in [2.75, 3.05) is 11.9 Å². The number of aromatic nitrogens is 3. The van der Waals surface area contributed by atoms with Crippen LogP contribution in [0.2, 0.25) is 0 Å². The van der Waals surface area contributed by atoms with Gasteiger partial charge in [0.05, 0.1) is 6.04 Å². The smallest absolute Gasteiger partial charge is 0.221 e. The van der Waals surface area contributed by atoms with Crippen molar-refractivity contribution in [3.63, 3.8) is 0 Å². The van der Waals surface area contributed by atoms with Gasteiger partial charge in [0.25, 0.3) is 0 Å². The van der Waals surface area contributed by atoms with Gasteiger partial charge in [-0.1, -0.05) is 13.8 Å². The summed E-state index contributed by atoms with van der Waals surface area (Å²) in [6.45, 7) is 7.40. The van der Waals surface area contributed by atoms with Crippen LogP contribution in [-0.4, -0.2) is 21.3 Å². The highest BCUT2D eigenvalue weighted by atomic mass is 15.4. The number of hydrogen-bond donors (Lipinski definition) is 1. The summed E-state index contributed by atoms with van der Waals surface area (Å²) in [4.78, 5) is 4.32. The third-order valence-electron chi connectivity index (χ3n) is 2.71. The predicted molar refractivity (Wildman–Crippen MR) is 51.7 cm³/mol. The quantitative estimate of drug-likeness (QED) is 0.713. The zero-order valence-corrected chi connectivity index (χ0v) is 8.41. The van der Waals surface area contributed by atoms with E-state index in [4.69, 9.17) is 0 Å². The molecular formula is C9H16N4. The van der Waals surface area contributed by atoms with Crippen LogP contribution in [0, 0.1) is 12.8 Å². The van der Waals surface area contributed by atoms with Crippen molar-refractivity contribution in [1.29, 1.82) is 0 Å². The van der Waals surface area contributed by atoms with E-state index in [-0.39, 0.29) is 0 Å². The first kappa shape index (κ1) is 8.53. The molecule has 0 fully saturated rings. The van der Waals surface area contributed by atoms with Crippen molar-refractivity contribution >= 4 is 5.95 Å². The van der Waals surface area contributed by atoms with Gasteiger partial charge in [-0.25, -0.2) is 4.68 Å². The SMILES string of the molecule is CCC1C(C)CNc2nc(C)nn21. The van der Waals surface area contributed by atoms with E-state index in [1.807, 2.05) is 11.6 Å². The van der Waals surface area contributed by atoms with Crippen molar-refractivity contribution < 1.29 is 0 Å². The second-order valence-electron chi connectivity index (χ2n) is 3.76. The fourth-order valence-electron chi connectivity index (χ4n) is 1.99. The number of rotatable bonds is 1. The molecule has 1 aromatic rings. The molecule has 0 spiro atoms. The Hall–Kier alpha value is -1.06. The third kappa shape index (κ3) is 1.30. The molecule has 2 unspecified atom stereocenters. The average Bonchev–Trinajstić information content (AvgIpc) is 2.45. The van der Waals surface area contributed by atoms with E-state index in [0.717, 1.165) is 24.7 Å². The number of fused-ring (bicyclic) bond motifs is 1. The van der Waals surface area contributed by atoms with E-state index in [1.54, 1.807) is 0 Å². The molecule has 1 aliphatic rings. The minimum Gasteiger partial charge on any atom is -0.354 e. The van der Waals surface area contributed by atoms with Crippen LogP contribution in [0.5, 0.6) is 0 Å². The molecule has 0 saturated carbocycles. The second-order valence-corrected chi connectivity index (χ2v) is 3.76. The summed E-state index contributed by atoms with van der Waals surface area (Å²) in [6, 6.07) is 0.512. The Bertz CT molecular complexity index is 305. The molecule has 0 saturated heterocycles. The Kier molecular flexibility index (Phi) is 1.98. The largest absolute Gasteiger partial charge is 0.354 e. The van der Waals surface area contributed by atoms with Crippen molar-refractivity contribution in [2.24, 2.45) is 5.92 Å². The van der Waals surface area contributed by atoms with E-state index < -0.39 is 0 Å². The number of nitrogens with one attached hydrogen (secondary N) is 1. The molecule has 13 heavy (non-hydrogen) atoms. The van der Waals surface area contributed by atoms with Crippen LogP contribution in [0.25, 0.3) is 0 Å². The summed E-state index contributed by atoms with van der Waals surface area (Å²) in [7, 11) is 0. The molecule has 1 aliphatic heterocycles. The molecule has 4 nitrogen and oxygen atoms in total. The lowest BCUT2D eigenvalue weighted by Gasteiger charge is -2.29. The van der Waals surface area contributed by atoms with E-state index in [1.165, 1.54) is 0 Å². The Morgan fingerprint density at radius 3 is 3.08 bits per heavy atom. The summed E-state index contributed by atoms with van der Waals surface area (Å²) in [5.74, 6) is 2.43. The fourth-order valence-corrected chi connectivity index (χ4v) is 1.99. The van der Waals surface area contributed by atoms with E-state index in [0.29, 0.717) is 12.0 Å². The van der Waals surface area contributed by atoms with Gasteiger partial charge < -0.3 is 5.32 Å². The van der Waals surface area contributed by atoms with Gasteiger partial charge in [-0.15, -0.1) is 0 Å². The van der Waals surface area contributed by atoms with Gasteiger partial charge >= 0.3 is 0 Å². The van der Waals surface area contributed by atoms with Crippen LogP contribution in [0.15, 0.2) is 0 Å². The Labute approximate surface area is 78.4 Å². The number of anilines is 1. The van der Waals surface area contributed by atoms with E-state index in [9.17, 15) is 0 Å². The molecule has 0 radical (unpaired) electrons. The van der Waals surface area contributed by atoms with Gasteiger partial charge in [0.2, 0.25) is 5.95 Å². The van der Waals surface area contributed by atoms with E-state index >= 15 is 0 Å². The molecule has 0 aliphatic carbocycles. The summed E-state index contributed by atoms with van der Waals surface area (Å²) < 4.78 is 2.03. The topological polar surface area (TPSA) is 42.7 Å². The van der Waals surface area contributed by atoms with Crippen LogP contribution in [0.1, 0.15) is 32.1 Å². The summed E-state index contributed by atoms with van der Waals surface area (Å²) in [5, 5.41) is 7.68. The highest BCUT2D eigenvalue weighted by Crippen LogP contribution is 2.28. The number of hydrogen-bond acceptors (Lipinski definition) is 3. The van der Waals surface area contributed by atoms with Gasteiger partial charge in [-0.2, -0.15) is 10.1 Å². The lowest BCUT2D eigenvalue weighted by molar-refractivity contribution is 0.311. The van der Waals surface area contributed by atoms with Crippen LogP contribution in [0.4, 0.5) is 5.95 Å². The summed E-state index contributed by atoms with van der Waals surface area (Å²) in [6.07, 6.45) is 1.12. The molecule has 72 valence electrons. The fraction of sp³-hybridized carbons (Fsp3) is 0.778. The highest BCUT2D eigenvalue weighted by Gasteiger charge is 2.26. The first-order chi connectivity index (χ1) is 6.22. The lowest BCUT2D eigenvalue weighted by atomic mass is 9.98. The number of nitrogens with zero attached hydrogens (tertiary/aromatic N) is 3. The van der Waals surface area contributed by atoms with Gasteiger partial charge in [-0.05, 0) is 19.3 Å². The van der Waals surface area contributed by atoms with Crippen LogP contribution < -0.4 is 5.32 Å². The normalized spacial score (nSPS) is 26.7. The molecule has 0 aromatic carbocycles. The maximum absolute atomic E-state index is 4.40. The predicted octanol–water partition coefficient (Wildman–Crippen LogP) is 1.60. The molecule has 4 heteroatoms. The lowest BCUT2D eigenvalue weighted by Crippen LogP contribution is -2.31. The van der Waals surface area contributed by atoms with Gasteiger partial charge in [0.15, 0.2) is 0 Å². The van der Waals surface area contributed by atoms with Crippen LogP contribution in [0.3, 0.4) is 0 Å². The van der Waals surface area contributed by atoms with Gasteiger partial charge in [0.1, 0.15) is 5.82 Å². The zero-order valence-electron chi connectivity index (χ0n) is 8.41. The maximum Gasteiger partial charge on any atom is 0.221 e. The molecule has 0 amide bonds. The van der Waals surface area contributed by atoms with Crippen molar-refractivity contribution in [2.45, 2.75) is 33.2 Å². The molecule has 0 bridgehead atoms. The van der Waals surface area contributed by atoms with E-state index in [2.05, 4.69) is 29.2 Å². The average molecular weight is 180 g/mol. The van der Waals surface area contributed by atoms with Crippen LogP contribution in [-0.2, 0) is 0 Å². The zero-order chi connectivity index (χ0) is 9.42. The third-order valence-corrected chi connectivity index (χ3v) is 2.71. The molecule has 2 atom stereocenters. The van der Waals surface area contributed by atoms with Gasteiger partial charge in [0, 0.05) is 6.54 Å². The van der Waals surface area contributed by atoms with Crippen molar-refractivity contribution in [3.8, 4) is 0 Å². The van der Waals surface area contributed by atoms with Crippen LogP contribution >= 0.6 is 0 Å². The minimum absolute atomic E-state index is 0.512. The molecule has 2 heterocycles. The van der Waals surface area contributed by atoms with Crippen molar-refractivity contribution in [3.05, 3.63) is 5.82 Å². The monoisotopic (exact) mass is 180 g/mol. The first-order valence-corrected chi connectivity index (χ1v) is 4.89. The van der Waals surface area contributed by atoms with Gasteiger partial charge in [-0.3, -0.25) is 0 Å². The van der Waals surface area contributed by atoms with Crippen molar-refractivity contribution in [1.82, 2.24) is 14.8 Å². The first-order valence-electron chi connectivity index (χ1n) is 4.89. The number of aryl methyl sites for hydroxylation is 1.